The third-order valence-electron chi connectivity index (χ3n) is 7.93. The van der Waals surface area contributed by atoms with E-state index < -0.39 is 24.2 Å². The van der Waals surface area contributed by atoms with E-state index in [0.29, 0.717) is 25.3 Å². The number of ether oxygens (including phenoxy) is 4. The fourth-order valence-electron chi connectivity index (χ4n) is 5.15. The van der Waals surface area contributed by atoms with Crippen LogP contribution in [0.5, 0.6) is 5.75 Å². The maximum Gasteiger partial charge on any atom is 0.308 e. The van der Waals surface area contributed by atoms with Crippen molar-refractivity contribution in [3.05, 3.63) is 39.8 Å². The molecular formula is C33H56N4O7. The number of carbonyl (C=O) groups is 2. The Labute approximate surface area is 264 Å². The molecule has 44 heavy (non-hydrogen) atoms. The molecule has 11 heteroatoms. The summed E-state index contributed by atoms with van der Waals surface area (Å²) in [6.07, 6.45) is 1.03. The maximum absolute atomic E-state index is 13.0. The number of rotatable bonds is 22. The number of esters is 1. The highest BCUT2D eigenvalue weighted by Gasteiger charge is 2.36. The molecule has 0 heterocycles. The number of aliphatic hydroxyl groups excluding tert-OH is 1. The van der Waals surface area contributed by atoms with Gasteiger partial charge in [0, 0.05) is 30.4 Å². The zero-order valence-corrected chi connectivity index (χ0v) is 28.2. The number of benzene rings is 1. The highest BCUT2D eigenvalue weighted by molar-refractivity contribution is 5.78. The molecule has 0 unspecified atom stereocenters. The Morgan fingerprint density at radius 1 is 1.07 bits per heavy atom. The number of methoxy groups -OCH3 is 2. The second-order valence-electron chi connectivity index (χ2n) is 12.4. The van der Waals surface area contributed by atoms with Gasteiger partial charge >= 0.3 is 5.97 Å². The number of amides is 1. The fraction of sp³-hybridized carbons (Fsp3) is 0.758. The topological polar surface area (TPSA) is 152 Å². The molecule has 0 aliphatic rings. The summed E-state index contributed by atoms with van der Waals surface area (Å²) < 4.78 is 22.2. The van der Waals surface area contributed by atoms with Gasteiger partial charge in [0.15, 0.2) is 0 Å². The lowest BCUT2D eigenvalue weighted by atomic mass is 9.78. The quantitative estimate of drug-likeness (QED) is 0.0381. The summed E-state index contributed by atoms with van der Waals surface area (Å²) in [6.45, 7) is 14.7. The Morgan fingerprint density at radius 3 is 2.32 bits per heavy atom. The molecule has 0 bridgehead atoms. The molecule has 0 aliphatic carbocycles. The van der Waals surface area contributed by atoms with Crippen molar-refractivity contribution in [3.8, 4) is 5.75 Å². The van der Waals surface area contributed by atoms with Crippen LogP contribution in [0.15, 0.2) is 23.3 Å². The van der Waals surface area contributed by atoms with Gasteiger partial charge in [-0.1, -0.05) is 66.1 Å². The van der Waals surface area contributed by atoms with E-state index in [1.54, 1.807) is 28.1 Å². The lowest BCUT2D eigenvalue weighted by Crippen LogP contribution is -2.39. The fourth-order valence-corrected chi connectivity index (χ4v) is 5.15. The van der Waals surface area contributed by atoms with E-state index in [1.165, 1.54) is 0 Å². The Morgan fingerprint density at radius 2 is 1.77 bits per heavy atom. The summed E-state index contributed by atoms with van der Waals surface area (Å²) in [7, 11) is 3.16. The monoisotopic (exact) mass is 620 g/mol. The number of carbonyl (C=O) groups excluding carboxylic acids is 2. The molecule has 1 amide bonds. The van der Waals surface area contributed by atoms with Gasteiger partial charge in [0.1, 0.15) is 18.6 Å². The van der Waals surface area contributed by atoms with Gasteiger partial charge < -0.3 is 29.4 Å². The Hall–Kier alpha value is -2.85. The number of nitrogens with zero attached hydrogens (tertiary/aromatic N) is 3. The van der Waals surface area contributed by atoms with Crippen molar-refractivity contribution in [2.75, 3.05) is 34.2 Å². The molecule has 2 N–H and O–H groups in total. The molecule has 0 radical (unpaired) electrons. The smallest absolute Gasteiger partial charge is 0.308 e. The average Bonchev–Trinajstić information content (AvgIpc) is 2.98. The molecule has 0 saturated heterocycles. The number of aliphatic hydroxyl groups is 1. The van der Waals surface area contributed by atoms with Crippen LogP contribution < -0.4 is 10.1 Å². The normalized spacial score (nSPS) is 14.9. The van der Waals surface area contributed by atoms with E-state index in [1.807, 2.05) is 45.9 Å². The van der Waals surface area contributed by atoms with Crippen molar-refractivity contribution in [3.63, 3.8) is 0 Å². The Kier molecular flexibility index (Phi) is 18.7. The van der Waals surface area contributed by atoms with Crippen molar-refractivity contribution >= 4 is 11.9 Å². The van der Waals surface area contributed by atoms with Gasteiger partial charge in [0.05, 0.1) is 31.8 Å². The number of hydrogen-bond donors (Lipinski definition) is 2. The average molecular weight is 621 g/mol. The molecule has 5 atom stereocenters. The molecule has 250 valence electrons. The predicted molar refractivity (Wildman–Crippen MR) is 171 cm³/mol. The Bertz CT molecular complexity index is 1040. The van der Waals surface area contributed by atoms with Gasteiger partial charge in [-0.25, -0.2) is 0 Å². The first-order chi connectivity index (χ1) is 20.9. The van der Waals surface area contributed by atoms with Crippen LogP contribution in [0.25, 0.3) is 10.4 Å². The predicted octanol–water partition coefficient (Wildman–Crippen LogP) is 6.38. The number of hydrogen-bond acceptors (Lipinski definition) is 8. The summed E-state index contributed by atoms with van der Waals surface area (Å²) in [5.41, 5.74) is 11.1. The van der Waals surface area contributed by atoms with E-state index in [0.717, 1.165) is 24.0 Å². The van der Waals surface area contributed by atoms with E-state index in [9.17, 15) is 20.2 Å². The van der Waals surface area contributed by atoms with Gasteiger partial charge in [0.25, 0.3) is 0 Å². The first-order valence-electron chi connectivity index (χ1n) is 15.8. The van der Waals surface area contributed by atoms with Gasteiger partial charge in [-0.3, -0.25) is 9.59 Å². The summed E-state index contributed by atoms with van der Waals surface area (Å²) in [5, 5.41) is 18.4. The second-order valence-corrected chi connectivity index (χ2v) is 12.4. The zero-order chi connectivity index (χ0) is 33.2. The van der Waals surface area contributed by atoms with Crippen LogP contribution in [0.1, 0.15) is 91.4 Å². The highest BCUT2D eigenvalue weighted by atomic mass is 16.7. The SMILES string of the molecule is CCCCNC(=O)[C@@H](C[C@H](O)[C@H](C[C@@H](C(C)C)[C@@H](OC(=O)C(C)C)c1ccc(OC)c(CCOCOC)c1)N=[N+]=[N-])C(C)C. The van der Waals surface area contributed by atoms with E-state index >= 15 is 0 Å². The lowest BCUT2D eigenvalue weighted by molar-refractivity contribution is -0.157. The van der Waals surface area contributed by atoms with Crippen LogP contribution in [-0.4, -0.2) is 63.3 Å². The molecule has 1 aromatic rings. The van der Waals surface area contributed by atoms with Crippen molar-refractivity contribution in [1.29, 1.82) is 0 Å². The van der Waals surface area contributed by atoms with Gasteiger partial charge in [-0.15, -0.1) is 0 Å². The van der Waals surface area contributed by atoms with Crippen LogP contribution in [0.2, 0.25) is 0 Å². The molecule has 0 aromatic heterocycles. The van der Waals surface area contributed by atoms with Crippen LogP contribution in [0, 0.1) is 29.6 Å². The van der Waals surface area contributed by atoms with Crippen LogP contribution in [0.4, 0.5) is 0 Å². The minimum absolute atomic E-state index is 0.0163. The summed E-state index contributed by atoms with van der Waals surface area (Å²) >= 11 is 0. The van der Waals surface area contributed by atoms with Crippen LogP contribution >= 0.6 is 0 Å². The molecule has 11 nitrogen and oxygen atoms in total. The molecular weight excluding hydrogens is 564 g/mol. The number of azide groups is 1. The first kappa shape index (κ1) is 39.2. The van der Waals surface area contributed by atoms with Crippen LogP contribution in [-0.2, 0) is 30.2 Å². The van der Waals surface area contributed by atoms with Gasteiger partial charge in [0.2, 0.25) is 5.91 Å². The van der Waals surface area contributed by atoms with Gasteiger partial charge in [-0.2, -0.15) is 0 Å². The molecule has 1 aromatic carbocycles. The van der Waals surface area contributed by atoms with Crippen LogP contribution in [0.3, 0.4) is 0 Å². The molecule has 1 rings (SSSR count). The minimum atomic E-state index is -1.07. The van der Waals surface area contributed by atoms with E-state index in [-0.39, 0.29) is 55.2 Å². The summed E-state index contributed by atoms with van der Waals surface area (Å²) in [5.74, 6) is -0.949. The zero-order valence-electron chi connectivity index (χ0n) is 28.2. The van der Waals surface area contributed by atoms with E-state index in [2.05, 4.69) is 22.3 Å². The standard InChI is InChI=1S/C33H56N4O7/c1-10-11-15-35-32(39)27(22(4)5)19-29(38)28(36-37-34)18-26(21(2)3)31(44-33(40)23(6)7)25-12-13-30(42-9)24(17-25)14-16-43-20-41-8/h12-13,17,21-23,26-29,31,38H,10-11,14-16,18-20H2,1-9H3,(H,35,39)/t26-,27-,28-,29-,31-/m0/s1. The Balaban J connectivity index is 3.44. The molecule has 0 spiro atoms. The van der Waals surface area contributed by atoms with Crippen molar-refractivity contribution < 1.29 is 33.6 Å². The first-order valence-corrected chi connectivity index (χ1v) is 15.8. The van der Waals surface area contributed by atoms with E-state index in [4.69, 9.17) is 18.9 Å². The van der Waals surface area contributed by atoms with Crippen molar-refractivity contribution in [2.45, 2.75) is 98.8 Å². The van der Waals surface area contributed by atoms with Gasteiger partial charge in [-0.05, 0) is 66.3 Å². The number of nitrogens with one attached hydrogen (secondary N) is 1. The molecule has 0 saturated carbocycles. The second kappa shape index (κ2) is 21.0. The van der Waals surface area contributed by atoms with Crippen molar-refractivity contribution in [2.24, 2.45) is 34.7 Å². The van der Waals surface area contributed by atoms with Crippen molar-refractivity contribution in [1.82, 2.24) is 5.32 Å². The largest absolute Gasteiger partial charge is 0.496 e. The highest BCUT2D eigenvalue weighted by Crippen LogP contribution is 2.39. The third kappa shape index (κ3) is 13.0. The maximum atomic E-state index is 13.0. The molecule has 0 aliphatic heterocycles. The third-order valence-corrected chi connectivity index (χ3v) is 7.93. The number of unbranched alkanes of at least 4 members (excludes halogenated alkanes) is 1. The summed E-state index contributed by atoms with van der Waals surface area (Å²) in [4.78, 5) is 29.0. The lowest BCUT2D eigenvalue weighted by Gasteiger charge is -2.34. The summed E-state index contributed by atoms with van der Waals surface area (Å²) in [6, 6.07) is 4.84. The molecule has 0 fully saturated rings. The minimum Gasteiger partial charge on any atom is -0.496 e.